The molecule has 1 amide bonds. The number of allylic oxidation sites excluding steroid dienone is 1. The third kappa shape index (κ3) is 8.99. The highest BCUT2D eigenvalue weighted by molar-refractivity contribution is 6.43. The van der Waals surface area contributed by atoms with Gasteiger partial charge in [-0.1, -0.05) is 65.5 Å². The zero-order valence-electron chi connectivity index (χ0n) is 21.1. The Morgan fingerprint density at radius 2 is 1.73 bits per heavy atom. The number of benzene rings is 2. The second-order valence-electron chi connectivity index (χ2n) is 9.63. The van der Waals surface area contributed by atoms with Crippen LogP contribution >= 0.6 is 34.8 Å². The van der Waals surface area contributed by atoms with Gasteiger partial charge in [0.15, 0.2) is 5.75 Å². The summed E-state index contributed by atoms with van der Waals surface area (Å²) in [5.41, 5.74) is 1.97. The molecule has 0 aliphatic heterocycles. The summed E-state index contributed by atoms with van der Waals surface area (Å²) in [6, 6.07) is 10.8. The first-order chi connectivity index (χ1) is 17.5. The highest BCUT2D eigenvalue weighted by Crippen LogP contribution is 2.34. The van der Waals surface area contributed by atoms with E-state index in [-0.39, 0.29) is 20.8 Å². The molecule has 6 nitrogen and oxygen atoms in total. The Kier molecular flexibility index (Phi) is 10.3. The van der Waals surface area contributed by atoms with Gasteiger partial charge in [-0.2, -0.15) is 0 Å². The van der Waals surface area contributed by atoms with Crippen molar-refractivity contribution >= 4 is 57.8 Å². The number of carbonyl (C=O) groups excluding carboxylic acids is 2. The number of nitrogens with one attached hydrogen (secondary N) is 2. The normalized spacial score (nSPS) is 12.0. The zero-order valence-corrected chi connectivity index (χ0v) is 23.4. The molecule has 0 fully saturated rings. The average Bonchev–Trinajstić information content (AvgIpc) is 3.22. The van der Waals surface area contributed by atoms with Crippen molar-refractivity contribution in [1.82, 2.24) is 10.3 Å². The van der Waals surface area contributed by atoms with Crippen molar-refractivity contribution in [3.63, 3.8) is 0 Å². The number of aromatic amines is 1. The molecule has 3 aromatic rings. The van der Waals surface area contributed by atoms with Gasteiger partial charge in [-0.3, -0.25) is 0 Å². The molecule has 0 atom stereocenters. The first-order valence-corrected chi connectivity index (χ1v) is 13.2. The van der Waals surface area contributed by atoms with Crippen LogP contribution in [-0.2, 0) is 16.0 Å². The SMILES string of the molecule is CC(C)(C)OC(=O)NCCCCCC=C(Cc1c[nH]c2ccccc12)C(=O)Oc1cc(Cl)c(Cl)cc1Cl. The number of fused-ring (bicyclic) bond motifs is 1. The van der Waals surface area contributed by atoms with Crippen molar-refractivity contribution in [2.45, 2.75) is 58.5 Å². The topological polar surface area (TPSA) is 80.4 Å². The standard InChI is InChI=1S/C28H31Cl3N2O4/c1-28(2,3)37-27(35)32-13-9-5-4-6-10-18(14-19-17-33-24-12-8-7-11-20(19)24)26(34)36-25-16-22(30)21(29)15-23(25)31/h7-8,10-12,15-17,33H,4-6,9,13-14H2,1-3H3,(H,32,35). The van der Waals surface area contributed by atoms with Gasteiger partial charge in [-0.25, -0.2) is 9.59 Å². The van der Waals surface area contributed by atoms with E-state index < -0.39 is 17.7 Å². The van der Waals surface area contributed by atoms with Gasteiger partial charge in [0.1, 0.15) is 5.60 Å². The molecular weight excluding hydrogens is 535 g/mol. The van der Waals surface area contributed by atoms with Crippen molar-refractivity contribution in [1.29, 1.82) is 0 Å². The number of alkyl carbamates (subject to hydrolysis) is 1. The van der Waals surface area contributed by atoms with E-state index in [1.54, 1.807) is 0 Å². The van der Waals surface area contributed by atoms with Crippen molar-refractivity contribution < 1.29 is 19.1 Å². The fourth-order valence-corrected chi connectivity index (χ4v) is 4.26. The van der Waals surface area contributed by atoms with Crippen molar-refractivity contribution in [2.75, 3.05) is 6.54 Å². The van der Waals surface area contributed by atoms with Crippen molar-refractivity contribution in [3.05, 3.63) is 74.9 Å². The number of ether oxygens (including phenoxy) is 2. The number of H-pyrrole nitrogens is 1. The van der Waals surface area contributed by atoms with Gasteiger partial charge in [0.25, 0.3) is 0 Å². The van der Waals surface area contributed by atoms with Crippen LogP contribution in [0, 0.1) is 0 Å². The first kappa shape index (κ1) is 28.9. The Hall–Kier alpha value is -2.67. The van der Waals surface area contributed by atoms with Gasteiger partial charge in [0.2, 0.25) is 0 Å². The maximum Gasteiger partial charge on any atom is 0.407 e. The van der Waals surface area contributed by atoms with E-state index >= 15 is 0 Å². The van der Waals surface area contributed by atoms with Gasteiger partial charge in [0.05, 0.1) is 15.1 Å². The van der Waals surface area contributed by atoms with Gasteiger partial charge in [-0.05, 0) is 57.7 Å². The molecule has 1 heterocycles. The number of aromatic nitrogens is 1. The number of esters is 1. The predicted molar refractivity (Wildman–Crippen MR) is 150 cm³/mol. The molecule has 37 heavy (non-hydrogen) atoms. The van der Waals surface area contributed by atoms with E-state index in [4.69, 9.17) is 44.3 Å². The van der Waals surface area contributed by atoms with Crippen LogP contribution in [0.3, 0.4) is 0 Å². The Bertz CT molecular complexity index is 1280. The molecule has 0 saturated heterocycles. The van der Waals surface area contributed by atoms with Crippen molar-refractivity contribution in [2.24, 2.45) is 0 Å². The number of hydrogen-bond donors (Lipinski definition) is 2. The lowest BCUT2D eigenvalue weighted by molar-refractivity contribution is -0.130. The predicted octanol–water partition coefficient (Wildman–Crippen LogP) is 8.29. The number of carbonyl (C=O) groups is 2. The summed E-state index contributed by atoms with van der Waals surface area (Å²) in [7, 11) is 0. The lowest BCUT2D eigenvalue weighted by atomic mass is 10.0. The third-order valence-electron chi connectivity index (χ3n) is 5.44. The quantitative estimate of drug-likeness (QED) is 0.0852. The van der Waals surface area contributed by atoms with Gasteiger partial charge >= 0.3 is 12.1 Å². The minimum absolute atomic E-state index is 0.152. The van der Waals surface area contributed by atoms with Crippen LogP contribution in [-0.4, -0.2) is 29.2 Å². The van der Waals surface area contributed by atoms with Crippen LogP contribution in [0.1, 0.15) is 52.0 Å². The lowest BCUT2D eigenvalue weighted by Gasteiger charge is -2.19. The average molecular weight is 566 g/mol. The van der Waals surface area contributed by atoms with Gasteiger partial charge < -0.3 is 19.8 Å². The van der Waals surface area contributed by atoms with E-state index in [2.05, 4.69) is 10.3 Å². The van der Waals surface area contributed by atoms with Crippen LogP contribution in [0.5, 0.6) is 5.75 Å². The maximum atomic E-state index is 13.2. The van der Waals surface area contributed by atoms with Crippen LogP contribution in [0.2, 0.25) is 15.1 Å². The van der Waals surface area contributed by atoms with Crippen LogP contribution < -0.4 is 10.1 Å². The van der Waals surface area contributed by atoms with E-state index in [1.807, 2.05) is 57.3 Å². The smallest absolute Gasteiger partial charge is 0.407 e. The highest BCUT2D eigenvalue weighted by Gasteiger charge is 2.18. The number of hydrogen-bond acceptors (Lipinski definition) is 4. The molecule has 0 saturated carbocycles. The Labute approximate surface area is 232 Å². The number of amides is 1. The summed E-state index contributed by atoms with van der Waals surface area (Å²) in [6.07, 6.45) is 6.97. The Balaban J connectivity index is 1.64. The number of halogens is 3. The summed E-state index contributed by atoms with van der Waals surface area (Å²) < 4.78 is 10.8. The summed E-state index contributed by atoms with van der Waals surface area (Å²) >= 11 is 18.3. The molecule has 0 unspecified atom stereocenters. The molecule has 0 aliphatic carbocycles. The molecule has 3 rings (SSSR count). The summed E-state index contributed by atoms with van der Waals surface area (Å²) in [4.78, 5) is 28.2. The van der Waals surface area contributed by atoms with E-state index in [9.17, 15) is 9.59 Å². The fourth-order valence-electron chi connectivity index (χ4n) is 3.69. The second kappa shape index (κ2) is 13.2. The number of rotatable bonds is 10. The van der Waals surface area contributed by atoms with Crippen LogP contribution in [0.4, 0.5) is 4.79 Å². The zero-order chi connectivity index (χ0) is 27.0. The number of unbranched alkanes of at least 4 members (excludes halogenated alkanes) is 3. The van der Waals surface area contributed by atoms with Crippen molar-refractivity contribution in [3.8, 4) is 5.75 Å². The van der Waals surface area contributed by atoms with E-state index in [1.165, 1.54) is 12.1 Å². The summed E-state index contributed by atoms with van der Waals surface area (Å²) in [6.45, 7) is 6.01. The molecule has 2 N–H and O–H groups in total. The highest BCUT2D eigenvalue weighted by atomic mass is 35.5. The van der Waals surface area contributed by atoms with Gasteiger partial charge in [-0.15, -0.1) is 0 Å². The second-order valence-corrected chi connectivity index (χ2v) is 10.9. The Morgan fingerprint density at radius 3 is 2.49 bits per heavy atom. The van der Waals surface area contributed by atoms with E-state index in [0.717, 1.165) is 35.7 Å². The number of para-hydroxylation sites is 1. The van der Waals surface area contributed by atoms with Gasteiger partial charge in [0, 0.05) is 41.7 Å². The molecule has 0 bridgehead atoms. The molecule has 9 heteroatoms. The minimum atomic E-state index is -0.522. The molecule has 198 valence electrons. The molecular formula is C28H31Cl3N2O4. The molecule has 1 aromatic heterocycles. The third-order valence-corrected chi connectivity index (χ3v) is 6.45. The first-order valence-electron chi connectivity index (χ1n) is 12.1. The van der Waals surface area contributed by atoms with Crippen LogP contribution in [0.25, 0.3) is 10.9 Å². The summed E-state index contributed by atoms with van der Waals surface area (Å²) in [5, 5.41) is 4.53. The largest absolute Gasteiger partial charge is 0.444 e. The molecule has 0 aliphatic rings. The van der Waals surface area contributed by atoms with E-state index in [0.29, 0.717) is 25.0 Å². The maximum absolute atomic E-state index is 13.2. The van der Waals surface area contributed by atoms with Crippen LogP contribution in [0.15, 0.2) is 54.2 Å². The minimum Gasteiger partial charge on any atom is -0.444 e. The lowest BCUT2D eigenvalue weighted by Crippen LogP contribution is -2.32. The Morgan fingerprint density at radius 1 is 1.00 bits per heavy atom. The summed E-state index contributed by atoms with van der Waals surface area (Å²) in [5.74, 6) is -0.351. The molecule has 2 aromatic carbocycles. The fraction of sp³-hybridized carbons (Fsp3) is 0.357. The molecule has 0 spiro atoms. The monoisotopic (exact) mass is 564 g/mol. The molecule has 0 radical (unpaired) electrons.